The summed E-state index contributed by atoms with van der Waals surface area (Å²) < 4.78 is 5.83. The van der Waals surface area contributed by atoms with Gasteiger partial charge in [0.25, 0.3) is 5.91 Å². The van der Waals surface area contributed by atoms with Crippen molar-refractivity contribution in [2.24, 2.45) is 5.92 Å². The Morgan fingerprint density at radius 1 is 1.15 bits per heavy atom. The fraction of sp³-hybridized carbons (Fsp3) is 0.409. The van der Waals surface area contributed by atoms with Gasteiger partial charge in [-0.2, -0.15) is 0 Å². The zero-order valence-corrected chi connectivity index (χ0v) is 15.7. The minimum Gasteiger partial charge on any atom is -0.374 e. The van der Waals surface area contributed by atoms with E-state index in [1.165, 1.54) is 0 Å². The molecule has 1 fully saturated rings. The maximum atomic E-state index is 12.8. The number of nitrogens with one attached hydrogen (secondary N) is 1. The van der Waals surface area contributed by atoms with Crippen molar-refractivity contribution in [3.8, 4) is 11.1 Å². The van der Waals surface area contributed by atoms with Crippen molar-refractivity contribution < 1.29 is 9.53 Å². The van der Waals surface area contributed by atoms with E-state index in [4.69, 9.17) is 4.74 Å². The SMILES string of the molecule is CC(C)CN1CCOC(CNC(=O)c2ccccc2-c2ccccc2)C1. The van der Waals surface area contributed by atoms with Crippen molar-refractivity contribution in [1.82, 2.24) is 10.2 Å². The summed E-state index contributed by atoms with van der Waals surface area (Å²) in [6.07, 6.45) is 0.0512. The number of hydrogen-bond donors (Lipinski definition) is 1. The van der Waals surface area contributed by atoms with Gasteiger partial charge in [-0.05, 0) is 23.1 Å². The summed E-state index contributed by atoms with van der Waals surface area (Å²) in [7, 11) is 0. The molecule has 3 rings (SSSR count). The van der Waals surface area contributed by atoms with Gasteiger partial charge in [-0.15, -0.1) is 0 Å². The van der Waals surface area contributed by atoms with Gasteiger partial charge in [0.1, 0.15) is 0 Å². The van der Waals surface area contributed by atoms with E-state index in [2.05, 4.69) is 24.1 Å². The molecule has 4 nitrogen and oxygen atoms in total. The molecule has 2 aromatic rings. The third kappa shape index (κ3) is 4.93. The lowest BCUT2D eigenvalue weighted by Crippen LogP contribution is -2.48. The first-order valence-corrected chi connectivity index (χ1v) is 9.40. The molecule has 1 aliphatic rings. The second-order valence-electron chi connectivity index (χ2n) is 7.27. The molecule has 0 bridgehead atoms. The standard InChI is InChI=1S/C22H28N2O2/c1-17(2)15-24-12-13-26-19(16-24)14-23-22(25)21-11-7-6-10-20(21)18-8-4-3-5-9-18/h3-11,17,19H,12-16H2,1-2H3,(H,23,25). The summed E-state index contributed by atoms with van der Waals surface area (Å²) in [5, 5.41) is 3.06. The first kappa shape index (κ1) is 18.6. The van der Waals surface area contributed by atoms with Gasteiger partial charge in [0.05, 0.1) is 12.7 Å². The van der Waals surface area contributed by atoms with Gasteiger partial charge < -0.3 is 10.1 Å². The van der Waals surface area contributed by atoms with Crippen LogP contribution in [0, 0.1) is 5.92 Å². The second-order valence-corrected chi connectivity index (χ2v) is 7.27. The third-order valence-corrected chi connectivity index (χ3v) is 4.59. The molecule has 1 atom stereocenters. The number of morpholine rings is 1. The lowest BCUT2D eigenvalue weighted by Gasteiger charge is -2.34. The Hall–Kier alpha value is -2.17. The van der Waals surface area contributed by atoms with Crippen LogP contribution in [0.5, 0.6) is 0 Å². The summed E-state index contributed by atoms with van der Waals surface area (Å²) in [5.74, 6) is 0.593. The topological polar surface area (TPSA) is 41.6 Å². The van der Waals surface area contributed by atoms with Crippen molar-refractivity contribution in [2.45, 2.75) is 20.0 Å². The molecule has 26 heavy (non-hydrogen) atoms. The molecular weight excluding hydrogens is 324 g/mol. The molecule has 0 radical (unpaired) electrons. The van der Waals surface area contributed by atoms with Gasteiger partial charge in [-0.3, -0.25) is 9.69 Å². The first-order valence-electron chi connectivity index (χ1n) is 9.40. The van der Waals surface area contributed by atoms with Crippen molar-refractivity contribution in [2.75, 3.05) is 32.8 Å². The van der Waals surface area contributed by atoms with Crippen LogP contribution in [0.25, 0.3) is 11.1 Å². The highest BCUT2D eigenvalue weighted by molar-refractivity contribution is 6.00. The second kappa shape index (κ2) is 8.97. The maximum absolute atomic E-state index is 12.8. The Bertz CT molecular complexity index is 715. The number of carbonyl (C=O) groups excluding carboxylic acids is 1. The monoisotopic (exact) mass is 352 g/mol. The molecule has 1 saturated heterocycles. The normalized spacial score (nSPS) is 18.0. The van der Waals surface area contributed by atoms with E-state index in [-0.39, 0.29) is 12.0 Å². The van der Waals surface area contributed by atoms with Crippen molar-refractivity contribution >= 4 is 5.91 Å². The van der Waals surface area contributed by atoms with Gasteiger partial charge in [-0.1, -0.05) is 62.4 Å². The molecular formula is C22H28N2O2. The van der Waals surface area contributed by atoms with Crippen LogP contribution in [-0.2, 0) is 4.74 Å². The van der Waals surface area contributed by atoms with Gasteiger partial charge in [-0.25, -0.2) is 0 Å². The zero-order chi connectivity index (χ0) is 18.4. The van der Waals surface area contributed by atoms with Crippen molar-refractivity contribution in [1.29, 1.82) is 0 Å². The highest BCUT2D eigenvalue weighted by Crippen LogP contribution is 2.23. The van der Waals surface area contributed by atoms with Crippen LogP contribution in [0.15, 0.2) is 54.6 Å². The minimum absolute atomic E-state index is 0.0472. The van der Waals surface area contributed by atoms with E-state index in [1.807, 2.05) is 54.6 Å². The number of benzene rings is 2. The van der Waals surface area contributed by atoms with Crippen molar-refractivity contribution in [3.05, 3.63) is 60.2 Å². The average molecular weight is 352 g/mol. The van der Waals surface area contributed by atoms with E-state index < -0.39 is 0 Å². The van der Waals surface area contributed by atoms with Crippen LogP contribution in [0.3, 0.4) is 0 Å². The molecule has 0 aliphatic carbocycles. The van der Waals surface area contributed by atoms with Crippen LogP contribution >= 0.6 is 0 Å². The number of nitrogens with zero attached hydrogens (tertiary/aromatic N) is 1. The predicted octanol–water partition coefficient (Wildman–Crippen LogP) is 3.44. The smallest absolute Gasteiger partial charge is 0.252 e. The Balaban J connectivity index is 1.62. The number of amides is 1. The van der Waals surface area contributed by atoms with Crippen LogP contribution in [0.2, 0.25) is 0 Å². The number of hydrogen-bond acceptors (Lipinski definition) is 3. The molecule has 1 N–H and O–H groups in total. The maximum Gasteiger partial charge on any atom is 0.252 e. The van der Waals surface area contributed by atoms with E-state index in [1.54, 1.807) is 0 Å². The Morgan fingerprint density at radius 3 is 2.65 bits per heavy atom. The molecule has 0 saturated carbocycles. The van der Waals surface area contributed by atoms with Crippen LogP contribution in [-0.4, -0.2) is 49.7 Å². The molecule has 138 valence electrons. The Morgan fingerprint density at radius 2 is 1.88 bits per heavy atom. The first-order chi connectivity index (χ1) is 12.6. The summed E-state index contributed by atoms with van der Waals surface area (Å²) in [5.41, 5.74) is 2.71. The molecule has 2 aromatic carbocycles. The van der Waals surface area contributed by atoms with Crippen LogP contribution in [0.4, 0.5) is 0 Å². The Kier molecular flexibility index (Phi) is 6.42. The lowest BCUT2D eigenvalue weighted by molar-refractivity contribution is -0.0295. The third-order valence-electron chi connectivity index (χ3n) is 4.59. The molecule has 1 heterocycles. The van der Waals surface area contributed by atoms with Gasteiger partial charge in [0.2, 0.25) is 0 Å². The summed E-state index contributed by atoms with van der Waals surface area (Å²) in [6.45, 7) is 8.65. The number of rotatable bonds is 6. The molecule has 1 aliphatic heterocycles. The van der Waals surface area contributed by atoms with Gasteiger partial charge in [0, 0.05) is 31.7 Å². The van der Waals surface area contributed by atoms with Gasteiger partial charge >= 0.3 is 0 Å². The predicted molar refractivity (Wildman–Crippen MR) is 105 cm³/mol. The van der Waals surface area contributed by atoms with Crippen molar-refractivity contribution in [3.63, 3.8) is 0 Å². The molecule has 0 aromatic heterocycles. The molecule has 1 amide bonds. The largest absolute Gasteiger partial charge is 0.374 e. The fourth-order valence-electron chi connectivity index (χ4n) is 3.44. The van der Waals surface area contributed by atoms with Crippen LogP contribution in [0.1, 0.15) is 24.2 Å². The number of ether oxygens (including phenoxy) is 1. The highest BCUT2D eigenvalue weighted by atomic mass is 16.5. The minimum atomic E-state index is -0.0472. The summed E-state index contributed by atoms with van der Waals surface area (Å²) in [4.78, 5) is 15.2. The quantitative estimate of drug-likeness (QED) is 0.866. The highest BCUT2D eigenvalue weighted by Gasteiger charge is 2.22. The Labute approximate surface area is 156 Å². The molecule has 4 heteroatoms. The van der Waals surface area contributed by atoms with Crippen LogP contribution < -0.4 is 5.32 Å². The van der Waals surface area contributed by atoms with E-state index >= 15 is 0 Å². The summed E-state index contributed by atoms with van der Waals surface area (Å²) in [6, 6.07) is 17.8. The van der Waals surface area contributed by atoms with E-state index in [0.717, 1.165) is 37.4 Å². The average Bonchev–Trinajstić information content (AvgIpc) is 2.66. The zero-order valence-electron chi connectivity index (χ0n) is 15.7. The van der Waals surface area contributed by atoms with E-state index in [0.29, 0.717) is 18.0 Å². The molecule has 1 unspecified atom stereocenters. The molecule has 0 spiro atoms. The lowest BCUT2D eigenvalue weighted by atomic mass is 9.99. The van der Waals surface area contributed by atoms with E-state index in [9.17, 15) is 4.79 Å². The fourth-order valence-corrected chi connectivity index (χ4v) is 3.44. The summed E-state index contributed by atoms with van der Waals surface area (Å²) >= 11 is 0. The van der Waals surface area contributed by atoms with Gasteiger partial charge in [0.15, 0.2) is 0 Å². The number of carbonyl (C=O) groups is 1.